The van der Waals surface area contributed by atoms with Gasteiger partial charge in [0.15, 0.2) is 0 Å². The van der Waals surface area contributed by atoms with E-state index in [0.29, 0.717) is 6.54 Å². The molecule has 1 atom stereocenters. The van der Waals surface area contributed by atoms with Crippen molar-refractivity contribution in [2.45, 2.75) is 63.9 Å². The highest BCUT2D eigenvalue weighted by atomic mass is 16.3. The largest absolute Gasteiger partial charge is 0.389 e. The second-order valence-corrected chi connectivity index (χ2v) is 4.89. The highest BCUT2D eigenvalue weighted by Crippen LogP contribution is 2.32. The van der Waals surface area contributed by atoms with Gasteiger partial charge in [-0.25, -0.2) is 0 Å². The van der Waals surface area contributed by atoms with Gasteiger partial charge in [-0.1, -0.05) is 45.4 Å². The molecule has 0 aliphatic heterocycles. The smallest absolute Gasteiger partial charge is 0.0772 e. The van der Waals surface area contributed by atoms with Crippen LogP contribution in [-0.4, -0.2) is 17.3 Å². The van der Waals surface area contributed by atoms with Crippen LogP contribution in [0.1, 0.15) is 58.3 Å². The molecule has 1 saturated carbocycles. The van der Waals surface area contributed by atoms with E-state index < -0.39 is 5.60 Å². The molecule has 1 unspecified atom stereocenters. The minimum atomic E-state index is -0.573. The van der Waals surface area contributed by atoms with Gasteiger partial charge in [0.1, 0.15) is 0 Å². The minimum absolute atomic E-state index is 0.428. The fraction of sp³-hybridized carbons (Fsp3) is 1.00. The number of aliphatic hydroxyl groups is 1. The third kappa shape index (κ3) is 3.58. The number of hydrogen-bond acceptors (Lipinski definition) is 2. The van der Waals surface area contributed by atoms with E-state index in [0.717, 1.165) is 25.2 Å². The molecule has 0 radical (unpaired) electrons. The highest BCUT2D eigenvalue weighted by molar-refractivity contribution is 4.83. The maximum Gasteiger partial charge on any atom is 0.0772 e. The van der Waals surface area contributed by atoms with Crippen LogP contribution >= 0.6 is 0 Å². The van der Waals surface area contributed by atoms with Crippen molar-refractivity contribution in [3.63, 3.8) is 0 Å². The Bertz CT molecular complexity index is 154. The molecular formula is C12H25NO. The SMILES string of the molecule is CCCC(O)(CN)CC1CCCCC1. The standard InChI is InChI=1S/C12H25NO/c1-2-8-12(14,10-13)9-11-6-4-3-5-7-11/h11,14H,2-10,13H2,1H3. The molecule has 1 aliphatic rings. The van der Waals surface area contributed by atoms with Crippen molar-refractivity contribution in [1.82, 2.24) is 0 Å². The van der Waals surface area contributed by atoms with E-state index in [9.17, 15) is 5.11 Å². The summed E-state index contributed by atoms with van der Waals surface area (Å²) >= 11 is 0. The Labute approximate surface area is 87.9 Å². The molecule has 3 N–H and O–H groups in total. The molecule has 84 valence electrons. The molecule has 0 saturated heterocycles. The summed E-state index contributed by atoms with van der Waals surface area (Å²) in [6.45, 7) is 2.54. The predicted molar refractivity (Wildman–Crippen MR) is 60.1 cm³/mol. The quantitative estimate of drug-likeness (QED) is 0.714. The monoisotopic (exact) mass is 199 g/mol. The van der Waals surface area contributed by atoms with E-state index in [-0.39, 0.29) is 0 Å². The average molecular weight is 199 g/mol. The van der Waals surface area contributed by atoms with Gasteiger partial charge in [-0.3, -0.25) is 0 Å². The molecule has 14 heavy (non-hydrogen) atoms. The molecule has 1 fully saturated rings. The third-order valence-corrected chi connectivity index (χ3v) is 3.49. The van der Waals surface area contributed by atoms with Crippen LogP contribution in [0.2, 0.25) is 0 Å². The van der Waals surface area contributed by atoms with Gasteiger partial charge in [-0.05, 0) is 18.8 Å². The lowest BCUT2D eigenvalue weighted by atomic mass is 9.79. The van der Waals surface area contributed by atoms with E-state index in [1.54, 1.807) is 0 Å². The maximum atomic E-state index is 10.2. The number of hydrogen-bond donors (Lipinski definition) is 2. The maximum absolute atomic E-state index is 10.2. The van der Waals surface area contributed by atoms with E-state index in [4.69, 9.17) is 5.73 Å². The Kier molecular flexibility index (Phi) is 4.90. The summed E-state index contributed by atoms with van der Waals surface area (Å²) in [7, 11) is 0. The van der Waals surface area contributed by atoms with Gasteiger partial charge in [0.05, 0.1) is 5.60 Å². The first-order valence-corrected chi connectivity index (χ1v) is 6.12. The Hall–Kier alpha value is -0.0800. The molecular weight excluding hydrogens is 174 g/mol. The van der Waals surface area contributed by atoms with Crippen molar-refractivity contribution in [2.75, 3.05) is 6.54 Å². The molecule has 0 aromatic carbocycles. The summed E-state index contributed by atoms with van der Waals surface area (Å²) in [5.41, 5.74) is 5.09. The first-order valence-electron chi connectivity index (χ1n) is 6.12. The second-order valence-electron chi connectivity index (χ2n) is 4.89. The van der Waals surface area contributed by atoms with Gasteiger partial charge in [0, 0.05) is 6.54 Å². The summed E-state index contributed by atoms with van der Waals surface area (Å²) in [4.78, 5) is 0. The van der Waals surface area contributed by atoms with Gasteiger partial charge in [0.25, 0.3) is 0 Å². The van der Waals surface area contributed by atoms with Crippen LogP contribution in [0.4, 0.5) is 0 Å². The fourth-order valence-electron chi connectivity index (χ4n) is 2.68. The normalized spacial score (nSPS) is 23.4. The van der Waals surface area contributed by atoms with E-state index in [2.05, 4.69) is 6.92 Å². The molecule has 0 spiro atoms. The second kappa shape index (κ2) is 5.72. The van der Waals surface area contributed by atoms with Crippen LogP contribution in [0.3, 0.4) is 0 Å². The lowest BCUT2D eigenvalue weighted by Gasteiger charge is -2.32. The molecule has 2 nitrogen and oxygen atoms in total. The van der Waals surface area contributed by atoms with Gasteiger partial charge in [0.2, 0.25) is 0 Å². The van der Waals surface area contributed by atoms with Gasteiger partial charge in [-0.2, -0.15) is 0 Å². The highest BCUT2D eigenvalue weighted by Gasteiger charge is 2.28. The van der Waals surface area contributed by atoms with Crippen LogP contribution in [0.5, 0.6) is 0 Å². The molecule has 1 rings (SSSR count). The summed E-state index contributed by atoms with van der Waals surface area (Å²) in [6, 6.07) is 0. The predicted octanol–water partition coefficient (Wildman–Crippen LogP) is 2.45. The van der Waals surface area contributed by atoms with Crippen molar-refractivity contribution in [3.8, 4) is 0 Å². The Morgan fingerprint density at radius 2 is 1.93 bits per heavy atom. The average Bonchev–Trinajstić information content (AvgIpc) is 2.20. The van der Waals surface area contributed by atoms with Gasteiger partial charge in [-0.15, -0.1) is 0 Å². The number of nitrogens with two attached hydrogens (primary N) is 1. The molecule has 0 aromatic heterocycles. The zero-order chi connectivity index (χ0) is 10.4. The summed E-state index contributed by atoms with van der Waals surface area (Å²) in [6.07, 6.45) is 9.48. The Balaban J connectivity index is 2.37. The van der Waals surface area contributed by atoms with Gasteiger partial charge >= 0.3 is 0 Å². The Morgan fingerprint density at radius 1 is 1.29 bits per heavy atom. The molecule has 2 heteroatoms. The van der Waals surface area contributed by atoms with Crippen LogP contribution in [0.25, 0.3) is 0 Å². The van der Waals surface area contributed by atoms with E-state index in [1.165, 1.54) is 32.1 Å². The van der Waals surface area contributed by atoms with Crippen LogP contribution in [-0.2, 0) is 0 Å². The van der Waals surface area contributed by atoms with Crippen LogP contribution < -0.4 is 5.73 Å². The zero-order valence-corrected chi connectivity index (χ0v) is 9.47. The minimum Gasteiger partial charge on any atom is -0.389 e. The van der Waals surface area contributed by atoms with Crippen LogP contribution in [0.15, 0.2) is 0 Å². The first kappa shape index (κ1) is 12.0. The van der Waals surface area contributed by atoms with E-state index in [1.807, 2.05) is 0 Å². The zero-order valence-electron chi connectivity index (χ0n) is 9.47. The van der Waals surface area contributed by atoms with Crippen molar-refractivity contribution in [3.05, 3.63) is 0 Å². The molecule has 0 heterocycles. The lowest BCUT2D eigenvalue weighted by molar-refractivity contribution is 0.00966. The van der Waals surface area contributed by atoms with Crippen molar-refractivity contribution < 1.29 is 5.11 Å². The molecule has 0 aromatic rings. The number of rotatable bonds is 5. The van der Waals surface area contributed by atoms with Crippen LogP contribution in [0, 0.1) is 5.92 Å². The summed E-state index contributed by atoms with van der Waals surface area (Å²) < 4.78 is 0. The topological polar surface area (TPSA) is 46.2 Å². The van der Waals surface area contributed by atoms with Crippen molar-refractivity contribution in [1.29, 1.82) is 0 Å². The molecule has 0 amide bonds. The Morgan fingerprint density at radius 3 is 2.43 bits per heavy atom. The molecule has 1 aliphatic carbocycles. The third-order valence-electron chi connectivity index (χ3n) is 3.49. The van der Waals surface area contributed by atoms with Gasteiger partial charge < -0.3 is 10.8 Å². The summed E-state index contributed by atoms with van der Waals surface area (Å²) in [5, 5.41) is 10.2. The fourth-order valence-corrected chi connectivity index (χ4v) is 2.68. The van der Waals surface area contributed by atoms with Crippen molar-refractivity contribution >= 4 is 0 Å². The first-order chi connectivity index (χ1) is 6.70. The lowest BCUT2D eigenvalue weighted by Crippen LogP contribution is -2.39. The van der Waals surface area contributed by atoms with Crippen molar-refractivity contribution in [2.24, 2.45) is 11.7 Å². The van der Waals surface area contributed by atoms with E-state index >= 15 is 0 Å². The summed E-state index contributed by atoms with van der Waals surface area (Å²) in [5.74, 6) is 0.726. The molecule has 0 bridgehead atoms.